The number of carbonyl (C=O) groups excluding carboxylic acids is 3. The third-order valence-corrected chi connectivity index (χ3v) is 4.57. The number of ketones is 1. The summed E-state index contributed by atoms with van der Waals surface area (Å²) in [6.45, 7) is 4.21. The van der Waals surface area contributed by atoms with E-state index in [0.717, 1.165) is 11.9 Å². The van der Waals surface area contributed by atoms with Crippen molar-refractivity contribution in [3.05, 3.63) is 45.8 Å². The van der Waals surface area contributed by atoms with Gasteiger partial charge in [-0.05, 0) is 38.1 Å². The molecule has 2 amide bonds. The molecule has 0 bridgehead atoms. The van der Waals surface area contributed by atoms with Crippen LogP contribution in [0.3, 0.4) is 0 Å². The molecule has 156 valence electrons. The number of amides is 2. The van der Waals surface area contributed by atoms with Gasteiger partial charge in [0.2, 0.25) is 5.91 Å². The molecule has 30 heavy (non-hydrogen) atoms. The molecule has 0 spiro atoms. The molecule has 1 unspecified atom stereocenters. The topological polar surface area (TPSA) is 150 Å². The summed E-state index contributed by atoms with van der Waals surface area (Å²) in [5.74, 6) is -3.36. The summed E-state index contributed by atoms with van der Waals surface area (Å²) in [4.78, 5) is 51.7. The highest BCUT2D eigenvalue weighted by atomic mass is 16.5. The molecule has 0 radical (unpaired) electrons. The van der Waals surface area contributed by atoms with Gasteiger partial charge in [-0.15, -0.1) is 0 Å². The maximum Gasteiger partial charge on any atom is 0.351 e. The Kier molecular flexibility index (Phi) is 5.41. The first kappa shape index (κ1) is 20.8. The predicted molar refractivity (Wildman–Crippen MR) is 106 cm³/mol. The van der Waals surface area contributed by atoms with E-state index in [1.54, 1.807) is 31.2 Å². The lowest BCUT2D eigenvalue weighted by atomic mass is 10.1. The van der Waals surface area contributed by atoms with Crippen LogP contribution < -0.4 is 11.1 Å². The largest absolute Gasteiger partial charge is 0.506 e. The minimum Gasteiger partial charge on any atom is -0.506 e. The lowest BCUT2D eigenvalue weighted by Crippen LogP contribution is -2.35. The molecule has 1 fully saturated rings. The number of carbonyl (C=O) groups is 3. The number of hydrogen-bond donors (Lipinski definition) is 3. The maximum atomic E-state index is 12.0. The van der Waals surface area contributed by atoms with Crippen molar-refractivity contribution in [3.63, 3.8) is 0 Å². The van der Waals surface area contributed by atoms with E-state index < -0.39 is 28.7 Å². The van der Waals surface area contributed by atoms with E-state index in [9.17, 15) is 29.4 Å². The summed E-state index contributed by atoms with van der Waals surface area (Å²) >= 11 is 0. The monoisotopic (exact) mass is 413 g/mol. The normalized spacial score (nSPS) is 16.8. The molecular formula is C20H19N3O7. The summed E-state index contributed by atoms with van der Waals surface area (Å²) in [6.07, 6.45) is 0.147. The summed E-state index contributed by atoms with van der Waals surface area (Å²) in [6, 6.07) is 6.28. The van der Waals surface area contributed by atoms with Crippen molar-refractivity contribution >= 4 is 34.7 Å². The standard InChI is InChI=1S/C20H19N3O7/c1-9-8-14(25)23(18(9)27)22-13-6-4-12(5-7-13)21-10(2)15-17(26)16(11(3)24)20(29)30-19(15)28/h4-7,9,22,26,29H,8H2,1-3H3. The second-order valence-corrected chi connectivity index (χ2v) is 6.88. The number of nitrogens with zero attached hydrogens (tertiary/aromatic N) is 2. The number of imide groups is 1. The molecule has 0 aliphatic carbocycles. The number of nitrogens with one attached hydrogen (secondary N) is 1. The third kappa shape index (κ3) is 3.79. The maximum absolute atomic E-state index is 12.0. The van der Waals surface area contributed by atoms with E-state index in [-0.39, 0.29) is 35.4 Å². The Labute approximate surface area is 170 Å². The van der Waals surface area contributed by atoms with Gasteiger partial charge in [-0.25, -0.2) is 4.79 Å². The molecule has 1 aromatic carbocycles. The molecule has 1 aliphatic heterocycles. The Hall–Kier alpha value is -3.95. The minimum atomic E-state index is -1.05. The van der Waals surface area contributed by atoms with E-state index in [0.29, 0.717) is 11.4 Å². The first-order chi connectivity index (χ1) is 14.1. The molecule has 3 rings (SSSR count). The van der Waals surface area contributed by atoms with Crippen LogP contribution in [0.2, 0.25) is 0 Å². The second-order valence-electron chi connectivity index (χ2n) is 6.88. The number of rotatable bonds is 5. The van der Waals surface area contributed by atoms with E-state index in [1.807, 2.05) is 0 Å². The Balaban J connectivity index is 1.87. The Morgan fingerprint density at radius 1 is 1.13 bits per heavy atom. The number of anilines is 1. The predicted octanol–water partition coefficient (Wildman–Crippen LogP) is 2.12. The van der Waals surface area contributed by atoms with Crippen molar-refractivity contribution in [2.45, 2.75) is 27.2 Å². The van der Waals surface area contributed by atoms with Crippen molar-refractivity contribution in [2.75, 3.05) is 5.43 Å². The van der Waals surface area contributed by atoms with E-state index in [4.69, 9.17) is 0 Å². The third-order valence-electron chi connectivity index (χ3n) is 4.57. The van der Waals surface area contributed by atoms with Gasteiger partial charge in [0.15, 0.2) is 5.78 Å². The summed E-state index contributed by atoms with van der Waals surface area (Å²) in [5, 5.41) is 20.8. The lowest BCUT2D eigenvalue weighted by Gasteiger charge is -2.16. The molecule has 2 heterocycles. The fourth-order valence-electron chi connectivity index (χ4n) is 3.04. The van der Waals surface area contributed by atoms with Crippen LogP contribution in [0.1, 0.15) is 43.1 Å². The van der Waals surface area contributed by atoms with Crippen LogP contribution in [-0.2, 0) is 9.59 Å². The number of Topliss-reactive ketones (excluding diaryl/α,β-unsaturated/α-hetero) is 1. The van der Waals surface area contributed by atoms with Crippen molar-refractivity contribution in [1.29, 1.82) is 0 Å². The molecule has 1 aliphatic rings. The Morgan fingerprint density at radius 2 is 1.77 bits per heavy atom. The molecule has 3 N–H and O–H groups in total. The number of hydrogen-bond acceptors (Lipinski definition) is 9. The first-order valence-electron chi connectivity index (χ1n) is 8.99. The number of aliphatic imine (C=N–C) groups is 1. The van der Waals surface area contributed by atoms with Crippen molar-refractivity contribution in [2.24, 2.45) is 10.9 Å². The number of hydrazine groups is 1. The van der Waals surface area contributed by atoms with Crippen LogP contribution in [0.15, 0.2) is 38.5 Å². The van der Waals surface area contributed by atoms with Gasteiger partial charge in [-0.3, -0.25) is 24.8 Å². The molecule has 1 atom stereocenters. The molecule has 1 saturated heterocycles. The zero-order valence-electron chi connectivity index (χ0n) is 16.4. The van der Waals surface area contributed by atoms with Crippen LogP contribution >= 0.6 is 0 Å². The smallest absolute Gasteiger partial charge is 0.351 e. The van der Waals surface area contributed by atoms with Crippen LogP contribution in [0.4, 0.5) is 11.4 Å². The van der Waals surface area contributed by atoms with Gasteiger partial charge in [0, 0.05) is 12.3 Å². The zero-order chi connectivity index (χ0) is 22.2. The summed E-state index contributed by atoms with van der Waals surface area (Å²) in [7, 11) is 0. The fraction of sp³-hybridized carbons (Fsp3) is 0.250. The molecule has 10 nitrogen and oxygen atoms in total. The van der Waals surface area contributed by atoms with Gasteiger partial charge in [0.25, 0.3) is 11.9 Å². The van der Waals surface area contributed by atoms with Crippen molar-refractivity contribution in [1.82, 2.24) is 5.01 Å². The first-order valence-corrected chi connectivity index (χ1v) is 8.99. The molecular weight excluding hydrogens is 394 g/mol. The van der Waals surface area contributed by atoms with Gasteiger partial charge in [0.05, 0.1) is 17.1 Å². The van der Waals surface area contributed by atoms with Gasteiger partial charge < -0.3 is 14.6 Å². The molecule has 1 aromatic heterocycles. The Morgan fingerprint density at radius 3 is 2.30 bits per heavy atom. The fourth-order valence-corrected chi connectivity index (χ4v) is 3.04. The van der Waals surface area contributed by atoms with Gasteiger partial charge in [0.1, 0.15) is 16.9 Å². The average molecular weight is 413 g/mol. The second kappa shape index (κ2) is 7.82. The highest BCUT2D eigenvalue weighted by molar-refractivity contribution is 6.07. The van der Waals surface area contributed by atoms with Gasteiger partial charge in [-0.1, -0.05) is 6.92 Å². The van der Waals surface area contributed by atoms with Gasteiger partial charge >= 0.3 is 5.63 Å². The quantitative estimate of drug-likeness (QED) is 0.383. The van der Waals surface area contributed by atoms with E-state index in [1.165, 1.54) is 6.92 Å². The SMILES string of the molecule is CC(=O)c1c(O)oc(=O)c(C(C)=Nc2ccc(NN3C(=O)CC(C)C3=O)cc2)c1O. The summed E-state index contributed by atoms with van der Waals surface area (Å²) < 4.78 is 4.62. The highest BCUT2D eigenvalue weighted by Crippen LogP contribution is 2.29. The molecule has 10 heteroatoms. The van der Waals surface area contributed by atoms with Crippen LogP contribution in [0.5, 0.6) is 11.7 Å². The summed E-state index contributed by atoms with van der Waals surface area (Å²) in [5.41, 5.74) is 1.77. The van der Waals surface area contributed by atoms with Crippen LogP contribution in [-0.4, -0.2) is 38.5 Å². The molecule has 0 saturated carbocycles. The zero-order valence-corrected chi connectivity index (χ0v) is 16.4. The molecule has 2 aromatic rings. The van der Waals surface area contributed by atoms with Crippen LogP contribution in [0.25, 0.3) is 0 Å². The lowest BCUT2D eigenvalue weighted by molar-refractivity contribution is -0.137. The van der Waals surface area contributed by atoms with Crippen molar-refractivity contribution < 1.29 is 29.0 Å². The van der Waals surface area contributed by atoms with E-state index >= 15 is 0 Å². The van der Waals surface area contributed by atoms with Crippen LogP contribution in [0, 0.1) is 5.92 Å². The highest BCUT2D eigenvalue weighted by Gasteiger charge is 2.35. The number of aromatic hydroxyl groups is 2. The van der Waals surface area contributed by atoms with E-state index in [2.05, 4.69) is 14.8 Å². The minimum absolute atomic E-state index is 0.0585. The van der Waals surface area contributed by atoms with Gasteiger partial charge in [-0.2, -0.15) is 5.01 Å². The van der Waals surface area contributed by atoms with Crippen molar-refractivity contribution in [3.8, 4) is 11.7 Å². The average Bonchev–Trinajstić information content (AvgIpc) is 2.88. The Bertz CT molecular complexity index is 1130. The number of benzene rings is 1.